The second kappa shape index (κ2) is 9.44. The third kappa shape index (κ3) is 5.39. The number of hydrogen-bond acceptors (Lipinski definition) is 3. The molecule has 1 heterocycles. The van der Waals surface area contributed by atoms with Gasteiger partial charge in [-0.15, -0.1) is 0 Å². The molecule has 0 radical (unpaired) electrons. The molecule has 0 saturated heterocycles. The number of amides is 1. The van der Waals surface area contributed by atoms with Crippen molar-refractivity contribution in [3.8, 4) is 0 Å². The molecule has 1 atom stereocenters. The van der Waals surface area contributed by atoms with Crippen LogP contribution in [0.5, 0.6) is 0 Å². The molecular weight excluding hydrogens is 436 g/mol. The van der Waals surface area contributed by atoms with Crippen molar-refractivity contribution in [2.75, 3.05) is 6.54 Å². The second-order valence-electron chi connectivity index (χ2n) is 7.70. The van der Waals surface area contributed by atoms with Crippen LogP contribution in [-0.4, -0.2) is 29.2 Å². The minimum absolute atomic E-state index is 0.0310. The number of carbonyl (C=O) groups is 1. The van der Waals surface area contributed by atoms with Crippen LogP contribution < -0.4 is 0 Å². The molecule has 0 unspecified atom stereocenters. The molecular formula is C25H20F4N2O2. The Labute approximate surface area is 188 Å². The van der Waals surface area contributed by atoms with Crippen molar-refractivity contribution in [3.63, 3.8) is 0 Å². The van der Waals surface area contributed by atoms with Gasteiger partial charge in [-0.25, -0.2) is 4.39 Å². The van der Waals surface area contributed by atoms with E-state index in [1.165, 1.54) is 41.3 Å². The predicted octanol–water partition coefficient (Wildman–Crippen LogP) is 5.68. The first kappa shape index (κ1) is 22.5. The first-order valence-corrected chi connectivity index (χ1v) is 10.3. The van der Waals surface area contributed by atoms with Gasteiger partial charge < -0.3 is 9.74 Å². The van der Waals surface area contributed by atoms with Crippen molar-refractivity contribution >= 4 is 11.6 Å². The zero-order chi connectivity index (χ0) is 23.4. The molecule has 0 saturated carbocycles. The zero-order valence-corrected chi connectivity index (χ0v) is 17.4. The van der Waals surface area contributed by atoms with Crippen LogP contribution in [-0.2, 0) is 17.6 Å². The van der Waals surface area contributed by atoms with Gasteiger partial charge in [-0.2, -0.15) is 13.2 Å². The van der Waals surface area contributed by atoms with E-state index in [0.29, 0.717) is 12.1 Å². The van der Waals surface area contributed by atoms with E-state index in [-0.39, 0.29) is 24.2 Å². The Hall–Kier alpha value is -3.68. The van der Waals surface area contributed by atoms with E-state index in [4.69, 9.17) is 4.84 Å². The van der Waals surface area contributed by atoms with Crippen LogP contribution in [0.2, 0.25) is 0 Å². The molecule has 0 fully saturated rings. The SMILES string of the molecule is O=C(c1ccccc1F)N(Cc1cccc(C(F)(F)F)c1)C[C@H]1CC(c2ccccc2)=NO1. The van der Waals surface area contributed by atoms with Crippen LogP contribution in [0.25, 0.3) is 0 Å². The van der Waals surface area contributed by atoms with E-state index in [0.717, 1.165) is 17.7 Å². The summed E-state index contributed by atoms with van der Waals surface area (Å²) in [7, 11) is 0. The maximum absolute atomic E-state index is 14.3. The minimum atomic E-state index is -4.51. The van der Waals surface area contributed by atoms with Crippen LogP contribution in [0, 0.1) is 5.82 Å². The van der Waals surface area contributed by atoms with Gasteiger partial charge in [0.15, 0.2) is 6.10 Å². The largest absolute Gasteiger partial charge is 0.416 e. The van der Waals surface area contributed by atoms with Crippen LogP contribution >= 0.6 is 0 Å². The fraction of sp³-hybridized carbons (Fsp3) is 0.200. The normalized spacial score (nSPS) is 15.6. The summed E-state index contributed by atoms with van der Waals surface area (Å²) >= 11 is 0. The molecule has 0 aromatic heterocycles. The van der Waals surface area contributed by atoms with Gasteiger partial charge in [-0.1, -0.05) is 59.8 Å². The molecule has 3 aromatic carbocycles. The van der Waals surface area contributed by atoms with Gasteiger partial charge in [-0.3, -0.25) is 4.79 Å². The Morgan fingerprint density at radius 3 is 2.45 bits per heavy atom. The van der Waals surface area contributed by atoms with E-state index in [1.54, 1.807) is 0 Å². The smallest absolute Gasteiger partial charge is 0.390 e. The van der Waals surface area contributed by atoms with E-state index >= 15 is 0 Å². The maximum atomic E-state index is 14.3. The Morgan fingerprint density at radius 2 is 1.73 bits per heavy atom. The fourth-order valence-electron chi connectivity index (χ4n) is 3.66. The molecule has 4 nitrogen and oxygen atoms in total. The van der Waals surface area contributed by atoms with Gasteiger partial charge >= 0.3 is 6.18 Å². The third-order valence-electron chi connectivity index (χ3n) is 5.28. The summed E-state index contributed by atoms with van der Waals surface area (Å²) in [5.74, 6) is -1.34. The van der Waals surface area contributed by atoms with Gasteiger partial charge in [0.1, 0.15) is 5.82 Å². The van der Waals surface area contributed by atoms with E-state index in [1.807, 2.05) is 30.3 Å². The predicted molar refractivity (Wildman–Crippen MR) is 115 cm³/mol. The number of alkyl halides is 3. The van der Waals surface area contributed by atoms with Crippen LogP contribution in [0.1, 0.15) is 33.5 Å². The average Bonchev–Trinajstić information content (AvgIpc) is 3.27. The molecule has 0 spiro atoms. The average molecular weight is 456 g/mol. The lowest BCUT2D eigenvalue weighted by Gasteiger charge is -2.25. The molecule has 8 heteroatoms. The molecule has 33 heavy (non-hydrogen) atoms. The number of carbonyl (C=O) groups excluding carboxylic acids is 1. The zero-order valence-electron chi connectivity index (χ0n) is 17.4. The van der Waals surface area contributed by atoms with Crippen molar-refractivity contribution in [1.29, 1.82) is 0 Å². The number of nitrogens with zero attached hydrogens (tertiary/aromatic N) is 2. The van der Waals surface area contributed by atoms with Gasteiger partial charge in [0.2, 0.25) is 0 Å². The Kier molecular flexibility index (Phi) is 6.44. The van der Waals surface area contributed by atoms with E-state index in [9.17, 15) is 22.4 Å². The second-order valence-corrected chi connectivity index (χ2v) is 7.70. The third-order valence-corrected chi connectivity index (χ3v) is 5.28. The highest BCUT2D eigenvalue weighted by atomic mass is 19.4. The molecule has 0 aliphatic carbocycles. The Morgan fingerprint density at radius 1 is 1.00 bits per heavy atom. The first-order valence-electron chi connectivity index (χ1n) is 10.3. The number of rotatable bonds is 6. The minimum Gasteiger partial charge on any atom is -0.390 e. The monoisotopic (exact) mass is 456 g/mol. The summed E-state index contributed by atoms with van der Waals surface area (Å²) in [6, 6.07) is 19.6. The highest BCUT2D eigenvalue weighted by Gasteiger charge is 2.32. The highest BCUT2D eigenvalue weighted by molar-refractivity contribution is 6.01. The molecule has 3 aromatic rings. The number of halogens is 4. The summed E-state index contributed by atoms with van der Waals surface area (Å²) in [4.78, 5) is 20.0. The van der Waals surface area contributed by atoms with Crippen molar-refractivity contribution in [2.45, 2.75) is 25.2 Å². The van der Waals surface area contributed by atoms with Gasteiger partial charge in [0, 0.05) is 13.0 Å². The standard InChI is InChI=1S/C25H20F4N2O2/c26-22-12-5-4-11-21(22)24(32)31(15-17-7-6-10-19(13-17)25(27,28)29)16-20-14-23(30-33-20)18-8-2-1-3-9-18/h1-13,20H,14-16H2/t20-/m1/s1. The molecule has 170 valence electrons. The van der Waals surface area contributed by atoms with Crippen molar-refractivity contribution in [2.24, 2.45) is 5.16 Å². The number of oxime groups is 1. The van der Waals surface area contributed by atoms with Gasteiger partial charge in [-0.05, 0) is 35.4 Å². The van der Waals surface area contributed by atoms with E-state index in [2.05, 4.69) is 5.16 Å². The lowest BCUT2D eigenvalue weighted by Crippen LogP contribution is -2.37. The van der Waals surface area contributed by atoms with Crippen molar-refractivity contribution in [3.05, 3.63) is 107 Å². The molecule has 0 bridgehead atoms. The van der Waals surface area contributed by atoms with Crippen LogP contribution in [0.15, 0.2) is 84.0 Å². The quantitative estimate of drug-likeness (QED) is 0.448. The van der Waals surface area contributed by atoms with E-state index < -0.39 is 29.6 Å². The summed E-state index contributed by atoms with van der Waals surface area (Å²) in [6.45, 7) is -0.110. The van der Waals surface area contributed by atoms with Crippen LogP contribution in [0.4, 0.5) is 17.6 Å². The summed E-state index contributed by atoms with van der Waals surface area (Å²) < 4.78 is 53.8. The summed E-state index contributed by atoms with van der Waals surface area (Å²) in [5.41, 5.74) is 0.885. The summed E-state index contributed by atoms with van der Waals surface area (Å²) in [6.07, 6.45) is -4.61. The Bertz CT molecular complexity index is 1160. The van der Waals surface area contributed by atoms with Crippen molar-refractivity contribution in [1.82, 2.24) is 4.90 Å². The first-order chi connectivity index (χ1) is 15.8. The van der Waals surface area contributed by atoms with Gasteiger partial charge in [0.05, 0.1) is 23.4 Å². The number of hydrogen-bond donors (Lipinski definition) is 0. The molecule has 1 amide bonds. The Balaban J connectivity index is 1.56. The van der Waals surface area contributed by atoms with Crippen molar-refractivity contribution < 1.29 is 27.2 Å². The molecule has 0 N–H and O–H groups in total. The van der Waals surface area contributed by atoms with Gasteiger partial charge in [0.25, 0.3) is 5.91 Å². The topological polar surface area (TPSA) is 41.9 Å². The molecule has 1 aliphatic rings. The molecule has 4 rings (SSSR count). The lowest BCUT2D eigenvalue weighted by molar-refractivity contribution is -0.137. The maximum Gasteiger partial charge on any atom is 0.416 e. The summed E-state index contributed by atoms with van der Waals surface area (Å²) in [5, 5.41) is 4.10. The number of benzene rings is 3. The highest BCUT2D eigenvalue weighted by Crippen LogP contribution is 2.30. The van der Waals surface area contributed by atoms with Crippen LogP contribution in [0.3, 0.4) is 0 Å². The fourth-order valence-corrected chi connectivity index (χ4v) is 3.66. The molecule has 1 aliphatic heterocycles. The lowest BCUT2D eigenvalue weighted by atomic mass is 10.0.